The molecule has 2 atom stereocenters. The zero-order valence-electron chi connectivity index (χ0n) is 14.0. The van der Waals surface area contributed by atoms with Crippen molar-refractivity contribution in [3.8, 4) is 0 Å². The summed E-state index contributed by atoms with van der Waals surface area (Å²) in [7, 11) is 0. The minimum Gasteiger partial charge on any atom is -0.377 e. The molecular weight excluding hydrogens is 288 g/mol. The molecule has 0 bridgehead atoms. The van der Waals surface area contributed by atoms with E-state index in [4.69, 9.17) is 14.2 Å². The Labute approximate surface area is 139 Å². The molecule has 0 amide bonds. The van der Waals surface area contributed by atoms with Crippen molar-refractivity contribution in [3.05, 3.63) is 71.8 Å². The average Bonchev–Trinajstić information content (AvgIpc) is 2.62. The van der Waals surface area contributed by atoms with E-state index in [1.165, 1.54) is 11.1 Å². The highest BCUT2D eigenvalue weighted by molar-refractivity contribution is 5.17. The average molecular weight is 314 g/mol. The highest BCUT2D eigenvalue weighted by Gasteiger charge is 2.05. The second kappa shape index (κ2) is 10.2. The Kier molecular flexibility index (Phi) is 7.81. The first-order valence-corrected chi connectivity index (χ1v) is 8.18. The fourth-order valence-corrected chi connectivity index (χ4v) is 2.31. The van der Waals surface area contributed by atoms with Crippen LogP contribution in [-0.2, 0) is 14.2 Å². The molecule has 0 aliphatic rings. The molecule has 0 spiro atoms. The third-order valence-corrected chi connectivity index (χ3v) is 3.73. The van der Waals surface area contributed by atoms with E-state index in [0.29, 0.717) is 26.4 Å². The first-order chi connectivity index (χ1) is 11.3. The van der Waals surface area contributed by atoms with Gasteiger partial charge in [-0.2, -0.15) is 0 Å². The third kappa shape index (κ3) is 6.53. The Hall–Kier alpha value is -1.68. The van der Waals surface area contributed by atoms with Gasteiger partial charge in [-0.1, -0.05) is 60.7 Å². The standard InChI is InChI=1S/C20H26O3/c1-17(19-9-5-3-6-10-19)22-15-13-21-14-16-23-18(2)20-11-7-4-8-12-20/h3-12,17-18H,13-16H2,1-2H3. The van der Waals surface area contributed by atoms with Crippen LogP contribution >= 0.6 is 0 Å². The van der Waals surface area contributed by atoms with Crippen LogP contribution in [0.4, 0.5) is 0 Å². The molecule has 3 nitrogen and oxygen atoms in total. The van der Waals surface area contributed by atoms with E-state index in [-0.39, 0.29) is 12.2 Å². The Morgan fingerprint density at radius 1 is 0.609 bits per heavy atom. The van der Waals surface area contributed by atoms with Crippen molar-refractivity contribution < 1.29 is 14.2 Å². The Morgan fingerprint density at radius 3 is 1.39 bits per heavy atom. The summed E-state index contributed by atoms with van der Waals surface area (Å²) in [4.78, 5) is 0. The molecule has 0 fully saturated rings. The van der Waals surface area contributed by atoms with Crippen molar-refractivity contribution in [2.75, 3.05) is 26.4 Å². The van der Waals surface area contributed by atoms with Crippen LogP contribution in [0.2, 0.25) is 0 Å². The molecule has 2 rings (SSSR count). The van der Waals surface area contributed by atoms with Crippen LogP contribution in [0.1, 0.15) is 37.2 Å². The maximum Gasteiger partial charge on any atom is 0.0797 e. The van der Waals surface area contributed by atoms with Gasteiger partial charge in [0.05, 0.1) is 38.6 Å². The Balaban J connectivity index is 1.51. The van der Waals surface area contributed by atoms with Gasteiger partial charge >= 0.3 is 0 Å². The largest absolute Gasteiger partial charge is 0.377 e. The first-order valence-electron chi connectivity index (χ1n) is 8.18. The molecule has 2 unspecified atom stereocenters. The molecule has 23 heavy (non-hydrogen) atoms. The zero-order chi connectivity index (χ0) is 16.3. The lowest BCUT2D eigenvalue weighted by Crippen LogP contribution is -2.12. The smallest absolute Gasteiger partial charge is 0.0797 e. The van der Waals surface area contributed by atoms with Crippen LogP contribution in [0.5, 0.6) is 0 Å². The van der Waals surface area contributed by atoms with Crippen molar-refractivity contribution in [1.29, 1.82) is 0 Å². The van der Waals surface area contributed by atoms with Crippen molar-refractivity contribution in [2.45, 2.75) is 26.1 Å². The summed E-state index contributed by atoms with van der Waals surface area (Å²) in [5, 5.41) is 0. The minimum atomic E-state index is 0.0918. The highest BCUT2D eigenvalue weighted by Crippen LogP contribution is 2.16. The summed E-state index contributed by atoms with van der Waals surface area (Å²) in [6.07, 6.45) is 0.184. The molecule has 0 saturated heterocycles. The molecule has 0 aliphatic carbocycles. The molecule has 0 aromatic heterocycles. The number of hydrogen-bond donors (Lipinski definition) is 0. The quantitative estimate of drug-likeness (QED) is 0.602. The van der Waals surface area contributed by atoms with Crippen molar-refractivity contribution in [2.24, 2.45) is 0 Å². The summed E-state index contributed by atoms with van der Waals surface area (Å²) < 4.78 is 17.1. The normalized spacial score (nSPS) is 13.7. The summed E-state index contributed by atoms with van der Waals surface area (Å²) in [6, 6.07) is 20.4. The Bertz CT molecular complexity index is 478. The monoisotopic (exact) mass is 314 g/mol. The van der Waals surface area contributed by atoms with E-state index in [9.17, 15) is 0 Å². The van der Waals surface area contributed by atoms with Crippen LogP contribution in [0, 0.1) is 0 Å². The topological polar surface area (TPSA) is 27.7 Å². The lowest BCUT2D eigenvalue weighted by atomic mass is 10.1. The van der Waals surface area contributed by atoms with Crippen LogP contribution in [-0.4, -0.2) is 26.4 Å². The molecule has 2 aromatic carbocycles. The van der Waals surface area contributed by atoms with Gasteiger partial charge < -0.3 is 14.2 Å². The van der Waals surface area contributed by atoms with Crippen LogP contribution in [0.3, 0.4) is 0 Å². The SMILES string of the molecule is CC(OCCOCCOC(C)c1ccccc1)c1ccccc1. The predicted octanol–water partition coefficient (Wildman–Crippen LogP) is 4.56. The van der Waals surface area contributed by atoms with E-state index < -0.39 is 0 Å². The summed E-state index contributed by atoms with van der Waals surface area (Å²) in [5.41, 5.74) is 2.38. The van der Waals surface area contributed by atoms with Crippen molar-refractivity contribution >= 4 is 0 Å². The molecule has 0 N–H and O–H groups in total. The van der Waals surface area contributed by atoms with Gasteiger partial charge in [-0.15, -0.1) is 0 Å². The van der Waals surface area contributed by atoms with Gasteiger partial charge in [-0.25, -0.2) is 0 Å². The summed E-state index contributed by atoms with van der Waals surface area (Å²) in [6.45, 7) is 6.45. The van der Waals surface area contributed by atoms with Crippen molar-refractivity contribution in [1.82, 2.24) is 0 Å². The first kappa shape index (κ1) is 17.7. The van der Waals surface area contributed by atoms with E-state index >= 15 is 0 Å². The summed E-state index contributed by atoms with van der Waals surface area (Å²) in [5.74, 6) is 0. The number of rotatable bonds is 10. The van der Waals surface area contributed by atoms with Gasteiger partial charge in [0.25, 0.3) is 0 Å². The zero-order valence-corrected chi connectivity index (χ0v) is 14.0. The van der Waals surface area contributed by atoms with Crippen LogP contribution in [0.25, 0.3) is 0 Å². The van der Waals surface area contributed by atoms with E-state index in [0.717, 1.165) is 0 Å². The van der Waals surface area contributed by atoms with Crippen molar-refractivity contribution in [3.63, 3.8) is 0 Å². The second-order valence-corrected chi connectivity index (χ2v) is 5.46. The number of hydrogen-bond acceptors (Lipinski definition) is 3. The van der Waals surface area contributed by atoms with Gasteiger partial charge in [-0.3, -0.25) is 0 Å². The van der Waals surface area contributed by atoms with Gasteiger partial charge in [0.2, 0.25) is 0 Å². The van der Waals surface area contributed by atoms with Crippen LogP contribution in [0.15, 0.2) is 60.7 Å². The van der Waals surface area contributed by atoms with Gasteiger partial charge in [0.15, 0.2) is 0 Å². The fraction of sp³-hybridized carbons (Fsp3) is 0.400. The van der Waals surface area contributed by atoms with Gasteiger partial charge in [-0.05, 0) is 25.0 Å². The molecule has 0 saturated carbocycles. The lowest BCUT2D eigenvalue weighted by molar-refractivity contribution is -0.0201. The van der Waals surface area contributed by atoms with E-state index in [1.807, 2.05) is 36.4 Å². The van der Waals surface area contributed by atoms with Gasteiger partial charge in [0.1, 0.15) is 0 Å². The molecule has 2 aromatic rings. The maximum absolute atomic E-state index is 5.76. The van der Waals surface area contributed by atoms with Crippen LogP contribution < -0.4 is 0 Å². The number of ether oxygens (including phenoxy) is 3. The van der Waals surface area contributed by atoms with Gasteiger partial charge in [0, 0.05) is 0 Å². The minimum absolute atomic E-state index is 0.0918. The summed E-state index contributed by atoms with van der Waals surface area (Å²) >= 11 is 0. The molecule has 124 valence electrons. The maximum atomic E-state index is 5.76. The van der Waals surface area contributed by atoms with E-state index in [2.05, 4.69) is 38.1 Å². The van der Waals surface area contributed by atoms with E-state index in [1.54, 1.807) is 0 Å². The fourth-order valence-electron chi connectivity index (χ4n) is 2.31. The molecular formula is C20H26O3. The molecule has 3 heteroatoms. The second-order valence-electron chi connectivity index (χ2n) is 5.46. The molecule has 0 aliphatic heterocycles. The molecule has 0 radical (unpaired) electrons. The third-order valence-electron chi connectivity index (χ3n) is 3.73. The highest BCUT2D eigenvalue weighted by atomic mass is 16.5. The molecule has 0 heterocycles. The predicted molar refractivity (Wildman–Crippen MR) is 92.4 cm³/mol. The number of benzene rings is 2. The Morgan fingerprint density at radius 2 is 1.00 bits per heavy atom. The lowest BCUT2D eigenvalue weighted by Gasteiger charge is -2.15.